The molecule has 0 aromatic rings. The Hall–Kier alpha value is -0.570. The third kappa shape index (κ3) is 4.27. The molecule has 0 spiro atoms. The monoisotopic (exact) mass is 254 g/mol. The number of hydrogen-bond donors (Lipinski definition) is 1. The Balaban J connectivity index is 2.45. The first kappa shape index (κ1) is 15.5. The molecule has 1 unspecified atom stereocenters. The molecule has 2 N–H and O–H groups in total. The molecule has 1 atom stereocenters. The van der Waals surface area contributed by atoms with Crippen molar-refractivity contribution in [3.63, 3.8) is 0 Å². The molecule has 0 saturated carbocycles. The summed E-state index contributed by atoms with van der Waals surface area (Å²) in [6.45, 7) is 10.5. The lowest BCUT2D eigenvalue weighted by Gasteiger charge is -2.30. The third-order valence-corrected chi connectivity index (χ3v) is 4.23. The van der Waals surface area contributed by atoms with E-state index in [-0.39, 0.29) is 5.41 Å². The number of likely N-dealkylation sites (tertiary alicyclic amines) is 1. The van der Waals surface area contributed by atoms with Gasteiger partial charge < -0.3 is 10.6 Å². The number of carbonyl (C=O) groups is 1. The zero-order valence-corrected chi connectivity index (χ0v) is 12.5. The minimum atomic E-state index is 0.192. The van der Waals surface area contributed by atoms with Gasteiger partial charge in [0.2, 0.25) is 5.91 Å². The van der Waals surface area contributed by atoms with Crippen molar-refractivity contribution >= 4 is 5.91 Å². The van der Waals surface area contributed by atoms with Crippen molar-refractivity contribution in [3.05, 3.63) is 0 Å². The summed E-state index contributed by atoms with van der Waals surface area (Å²) in [6.07, 6.45) is 4.96. The van der Waals surface area contributed by atoms with Gasteiger partial charge in [-0.15, -0.1) is 0 Å². The van der Waals surface area contributed by atoms with E-state index in [0.29, 0.717) is 30.8 Å². The average molecular weight is 254 g/mol. The molecule has 1 heterocycles. The number of amides is 1. The van der Waals surface area contributed by atoms with Crippen LogP contribution in [-0.2, 0) is 4.79 Å². The lowest BCUT2D eigenvalue weighted by atomic mass is 9.84. The van der Waals surface area contributed by atoms with E-state index in [1.807, 2.05) is 0 Å². The summed E-state index contributed by atoms with van der Waals surface area (Å²) in [5.41, 5.74) is 5.80. The molecule has 3 heteroatoms. The topological polar surface area (TPSA) is 46.3 Å². The van der Waals surface area contributed by atoms with Gasteiger partial charge in [0.1, 0.15) is 0 Å². The predicted octanol–water partition coefficient (Wildman–Crippen LogP) is 2.79. The fourth-order valence-corrected chi connectivity index (χ4v) is 2.90. The van der Waals surface area contributed by atoms with Crippen molar-refractivity contribution in [2.75, 3.05) is 13.1 Å². The van der Waals surface area contributed by atoms with E-state index >= 15 is 0 Å². The van der Waals surface area contributed by atoms with Gasteiger partial charge in [-0.2, -0.15) is 0 Å². The van der Waals surface area contributed by atoms with Crippen molar-refractivity contribution in [1.29, 1.82) is 0 Å². The largest absolute Gasteiger partial charge is 0.339 e. The molecule has 1 fully saturated rings. The van der Waals surface area contributed by atoms with Gasteiger partial charge in [-0.25, -0.2) is 0 Å². The van der Waals surface area contributed by atoms with Crippen LogP contribution in [-0.4, -0.2) is 29.9 Å². The molecule has 1 saturated heterocycles. The van der Waals surface area contributed by atoms with Crippen LogP contribution < -0.4 is 5.73 Å². The minimum absolute atomic E-state index is 0.192. The van der Waals surface area contributed by atoms with Crippen LogP contribution in [0, 0.1) is 11.3 Å². The molecule has 1 aliphatic heterocycles. The van der Waals surface area contributed by atoms with Gasteiger partial charge in [0.05, 0.1) is 0 Å². The van der Waals surface area contributed by atoms with Crippen LogP contribution in [0.1, 0.15) is 59.8 Å². The van der Waals surface area contributed by atoms with E-state index in [2.05, 4.69) is 32.6 Å². The Labute approximate surface area is 112 Å². The zero-order valence-electron chi connectivity index (χ0n) is 12.5. The van der Waals surface area contributed by atoms with Crippen LogP contribution in [0.3, 0.4) is 0 Å². The van der Waals surface area contributed by atoms with Crippen LogP contribution in [0.5, 0.6) is 0 Å². The second kappa shape index (κ2) is 6.55. The van der Waals surface area contributed by atoms with Gasteiger partial charge >= 0.3 is 0 Å². The van der Waals surface area contributed by atoms with Gasteiger partial charge in [0, 0.05) is 19.0 Å². The third-order valence-electron chi connectivity index (χ3n) is 4.23. The lowest BCUT2D eigenvalue weighted by Crippen LogP contribution is -2.38. The smallest absolute Gasteiger partial charge is 0.222 e. The molecule has 0 radical (unpaired) electrons. The highest BCUT2D eigenvalue weighted by Gasteiger charge is 2.31. The molecule has 3 nitrogen and oxygen atoms in total. The first-order chi connectivity index (χ1) is 8.37. The van der Waals surface area contributed by atoms with Crippen molar-refractivity contribution in [2.24, 2.45) is 17.1 Å². The molecule has 0 bridgehead atoms. The average Bonchev–Trinajstić information content (AvgIpc) is 2.74. The summed E-state index contributed by atoms with van der Waals surface area (Å²) in [4.78, 5) is 14.4. The van der Waals surface area contributed by atoms with Crippen LogP contribution in [0.25, 0.3) is 0 Å². The maximum absolute atomic E-state index is 12.3. The highest BCUT2D eigenvalue weighted by atomic mass is 16.2. The SMILES string of the molecule is CC(C)C1CCCN1C(=O)CCC(C)(C)CCN. The second-order valence-electron chi connectivity index (χ2n) is 6.74. The number of nitrogens with zero attached hydrogens (tertiary/aromatic N) is 1. The fraction of sp³-hybridized carbons (Fsp3) is 0.933. The molecular weight excluding hydrogens is 224 g/mol. The Morgan fingerprint density at radius 2 is 2.06 bits per heavy atom. The summed E-state index contributed by atoms with van der Waals surface area (Å²) in [6, 6.07) is 0.468. The van der Waals surface area contributed by atoms with Crippen molar-refractivity contribution < 1.29 is 4.79 Å². The van der Waals surface area contributed by atoms with Gasteiger partial charge in [-0.05, 0) is 43.6 Å². The molecule has 1 amide bonds. The molecule has 0 aromatic carbocycles. The van der Waals surface area contributed by atoms with E-state index < -0.39 is 0 Å². The van der Waals surface area contributed by atoms with Gasteiger partial charge in [0.25, 0.3) is 0 Å². The molecule has 106 valence electrons. The number of hydrogen-bond acceptors (Lipinski definition) is 2. The molecule has 18 heavy (non-hydrogen) atoms. The standard InChI is InChI=1S/C15H30N2O/c1-12(2)13-6-5-11-17(13)14(18)7-8-15(3,4)9-10-16/h12-13H,5-11,16H2,1-4H3. The number of nitrogens with two attached hydrogens (primary N) is 1. The summed E-state index contributed by atoms with van der Waals surface area (Å²) < 4.78 is 0. The quantitative estimate of drug-likeness (QED) is 0.792. The van der Waals surface area contributed by atoms with Crippen LogP contribution in [0.4, 0.5) is 0 Å². The van der Waals surface area contributed by atoms with Gasteiger partial charge in [-0.3, -0.25) is 4.79 Å². The van der Waals surface area contributed by atoms with Gasteiger partial charge in [0.15, 0.2) is 0 Å². The highest BCUT2D eigenvalue weighted by molar-refractivity contribution is 5.76. The van der Waals surface area contributed by atoms with Crippen molar-refractivity contribution in [3.8, 4) is 0 Å². The van der Waals surface area contributed by atoms with E-state index in [1.54, 1.807) is 0 Å². The molecule has 1 aliphatic rings. The molecular formula is C15H30N2O. The fourth-order valence-electron chi connectivity index (χ4n) is 2.90. The Morgan fingerprint density at radius 3 is 2.61 bits per heavy atom. The maximum atomic E-state index is 12.3. The minimum Gasteiger partial charge on any atom is -0.339 e. The van der Waals surface area contributed by atoms with E-state index in [4.69, 9.17) is 5.73 Å². The van der Waals surface area contributed by atoms with Crippen LogP contribution in [0.15, 0.2) is 0 Å². The normalized spacial score (nSPS) is 20.8. The van der Waals surface area contributed by atoms with Crippen molar-refractivity contribution in [2.45, 2.75) is 65.8 Å². The highest BCUT2D eigenvalue weighted by Crippen LogP contribution is 2.29. The maximum Gasteiger partial charge on any atom is 0.222 e. The predicted molar refractivity (Wildman–Crippen MR) is 76.3 cm³/mol. The lowest BCUT2D eigenvalue weighted by molar-refractivity contribution is -0.133. The van der Waals surface area contributed by atoms with Crippen LogP contribution in [0.2, 0.25) is 0 Å². The summed E-state index contributed by atoms with van der Waals surface area (Å²) in [5.74, 6) is 0.921. The van der Waals surface area contributed by atoms with E-state index in [0.717, 1.165) is 19.4 Å². The summed E-state index contributed by atoms with van der Waals surface area (Å²) in [5, 5.41) is 0. The molecule has 1 rings (SSSR count). The molecule has 0 aliphatic carbocycles. The number of rotatable bonds is 6. The zero-order chi connectivity index (χ0) is 13.8. The Morgan fingerprint density at radius 1 is 1.39 bits per heavy atom. The number of carbonyl (C=O) groups excluding carboxylic acids is 1. The molecule has 0 aromatic heterocycles. The van der Waals surface area contributed by atoms with Crippen molar-refractivity contribution in [1.82, 2.24) is 4.90 Å². The Kier molecular flexibility index (Phi) is 5.64. The first-order valence-electron chi connectivity index (χ1n) is 7.37. The Bertz CT molecular complexity index is 274. The van der Waals surface area contributed by atoms with Crippen LogP contribution >= 0.6 is 0 Å². The van der Waals surface area contributed by atoms with E-state index in [9.17, 15) is 4.79 Å². The second-order valence-corrected chi connectivity index (χ2v) is 6.74. The summed E-state index contributed by atoms with van der Waals surface area (Å²) in [7, 11) is 0. The first-order valence-corrected chi connectivity index (χ1v) is 7.37. The van der Waals surface area contributed by atoms with Gasteiger partial charge in [-0.1, -0.05) is 27.7 Å². The van der Waals surface area contributed by atoms with E-state index in [1.165, 1.54) is 12.8 Å². The summed E-state index contributed by atoms with van der Waals surface area (Å²) >= 11 is 0.